The predicted molar refractivity (Wildman–Crippen MR) is 118 cm³/mol. The number of aromatic carboxylic acids is 1. The summed E-state index contributed by atoms with van der Waals surface area (Å²) in [7, 11) is 1.70. The summed E-state index contributed by atoms with van der Waals surface area (Å²) in [5.41, 5.74) is 3.47. The fourth-order valence-electron chi connectivity index (χ4n) is 3.28. The average molecular weight is 387 g/mol. The van der Waals surface area contributed by atoms with E-state index in [-0.39, 0.29) is 11.5 Å². The molecule has 3 aromatic rings. The van der Waals surface area contributed by atoms with E-state index >= 15 is 0 Å². The first-order valence-electron chi connectivity index (χ1n) is 9.58. The van der Waals surface area contributed by atoms with Crippen molar-refractivity contribution in [1.29, 1.82) is 0 Å². The second-order valence-electron chi connectivity index (χ2n) is 6.67. The van der Waals surface area contributed by atoms with E-state index in [1.807, 2.05) is 18.2 Å². The summed E-state index contributed by atoms with van der Waals surface area (Å²) in [6, 6.07) is 27.6. The molecule has 0 spiro atoms. The lowest BCUT2D eigenvalue weighted by Gasteiger charge is -2.19. The number of nitrogens with one attached hydrogen (secondary N) is 2. The van der Waals surface area contributed by atoms with Gasteiger partial charge in [0.2, 0.25) is 0 Å². The monoisotopic (exact) mass is 387 g/mol. The molecule has 0 aliphatic carbocycles. The number of rotatable bonds is 7. The van der Waals surface area contributed by atoms with E-state index in [2.05, 4.69) is 64.2 Å². The summed E-state index contributed by atoms with van der Waals surface area (Å²) in [6.45, 7) is 0.715. The van der Waals surface area contributed by atoms with Crippen LogP contribution in [0.5, 0.6) is 0 Å². The third-order valence-electron chi connectivity index (χ3n) is 4.73. The van der Waals surface area contributed by atoms with E-state index in [0.29, 0.717) is 18.2 Å². The Hall–Kier alpha value is -3.60. The molecule has 0 aliphatic heterocycles. The molecular weight excluding hydrogens is 362 g/mol. The lowest BCUT2D eigenvalue weighted by atomic mass is 9.88. The number of aliphatic imine (C=N–C) groups is 1. The first-order valence-corrected chi connectivity index (χ1v) is 9.58. The minimum atomic E-state index is -0.954. The van der Waals surface area contributed by atoms with Crippen LogP contribution in [-0.4, -0.2) is 30.6 Å². The Morgan fingerprint density at radius 3 is 2.10 bits per heavy atom. The molecule has 0 heterocycles. The number of carboxylic acid groups (broad SMARTS) is 1. The lowest BCUT2D eigenvalue weighted by Crippen LogP contribution is -2.32. The fraction of sp³-hybridized carbons (Fsp3) is 0.167. The number of anilines is 1. The van der Waals surface area contributed by atoms with Crippen LogP contribution in [0.1, 0.15) is 33.8 Å². The predicted octanol–water partition coefficient (Wildman–Crippen LogP) is 4.59. The van der Waals surface area contributed by atoms with Gasteiger partial charge in [-0.15, -0.1) is 0 Å². The molecule has 5 nitrogen and oxygen atoms in total. The zero-order chi connectivity index (χ0) is 20.5. The van der Waals surface area contributed by atoms with E-state index < -0.39 is 5.97 Å². The second-order valence-corrected chi connectivity index (χ2v) is 6.67. The van der Waals surface area contributed by atoms with Gasteiger partial charge in [-0.2, -0.15) is 0 Å². The van der Waals surface area contributed by atoms with Crippen molar-refractivity contribution in [1.82, 2.24) is 5.32 Å². The van der Waals surface area contributed by atoms with Gasteiger partial charge in [-0.05, 0) is 35.7 Å². The second kappa shape index (κ2) is 10.1. The minimum absolute atomic E-state index is 0.235. The molecule has 3 rings (SSSR count). The van der Waals surface area contributed by atoms with Crippen molar-refractivity contribution in [3.63, 3.8) is 0 Å². The molecule has 0 bridgehead atoms. The molecule has 0 saturated heterocycles. The molecule has 0 radical (unpaired) electrons. The summed E-state index contributed by atoms with van der Waals surface area (Å²) < 4.78 is 0. The number of nitrogens with zero attached hydrogens (tertiary/aromatic N) is 1. The SMILES string of the molecule is CN=C(NCCC(c1ccccc1)c1ccccc1)Nc1cccc(C(=O)O)c1. The van der Waals surface area contributed by atoms with E-state index in [1.54, 1.807) is 25.2 Å². The summed E-state index contributed by atoms with van der Waals surface area (Å²) in [5.74, 6) is -0.0732. The van der Waals surface area contributed by atoms with Crippen molar-refractivity contribution in [2.75, 3.05) is 18.9 Å². The van der Waals surface area contributed by atoms with Crippen LogP contribution in [0.3, 0.4) is 0 Å². The zero-order valence-corrected chi connectivity index (χ0v) is 16.4. The summed E-state index contributed by atoms with van der Waals surface area (Å²) in [5, 5.41) is 15.6. The molecule has 0 unspecified atom stereocenters. The molecule has 0 saturated carbocycles. The first kappa shape index (κ1) is 20.1. The quantitative estimate of drug-likeness (QED) is 0.409. The van der Waals surface area contributed by atoms with Crippen LogP contribution in [0.4, 0.5) is 5.69 Å². The van der Waals surface area contributed by atoms with Gasteiger partial charge >= 0.3 is 5.97 Å². The van der Waals surface area contributed by atoms with Crippen molar-refractivity contribution in [3.05, 3.63) is 102 Å². The number of benzene rings is 3. The van der Waals surface area contributed by atoms with Crippen LogP contribution < -0.4 is 10.6 Å². The number of hydrogen-bond acceptors (Lipinski definition) is 2. The Labute approximate surface area is 171 Å². The van der Waals surface area contributed by atoms with Gasteiger partial charge in [-0.1, -0.05) is 66.7 Å². The Bertz CT molecular complexity index is 917. The van der Waals surface area contributed by atoms with Crippen LogP contribution in [0.15, 0.2) is 89.9 Å². The van der Waals surface area contributed by atoms with Crippen LogP contribution in [-0.2, 0) is 0 Å². The summed E-state index contributed by atoms with van der Waals surface area (Å²) in [6.07, 6.45) is 0.893. The number of carbonyl (C=O) groups is 1. The molecule has 3 aromatic carbocycles. The smallest absolute Gasteiger partial charge is 0.335 e. The van der Waals surface area contributed by atoms with Gasteiger partial charge in [0.25, 0.3) is 0 Å². The van der Waals surface area contributed by atoms with Gasteiger partial charge in [0.15, 0.2) is 5.96 Å². The van der Waals surface area contributed by atoms with Gasteiger partial charge in [0.1, 0.15) is 0 Å². The van der Waals surface area contributed by atoms with Gasteiger partial charge in [-0.25, -0.2) is 4.79 Å². The lowest BCUT2D eigenvalue weighted by molar-refractivity contribution is 0.0697. The van der Waals surface area contributed by atoms with Crippen molar-refractivity contribution in [3.8, 4) is 0 Å². The molecule has 148 valence electrons. The van der Waals surface area contributed by atoms with E-state index in [0.717, 1.165) is 6.42 Å². The Balaban J connectivity index is 1.65. The maximum atomic E-state index is 11.2. The summed E-state index contributed by atoms with van der Waals surface area (Å²) in [4.78, 5) is 15.4. The first-order chi connectivity index (χ1) is 14.2. The molecule has 29 heavy (non-hydrogen) atoms. The number of carboxylic acids is 1. The zero-order valence-electron chi connectivity index (χ0n) is 16.4. The highest BCUT2D eigenvalue weighted by Crippen LogP contribution is 2.27. The topological polar surface area (TPSA) is 73.7 Å². The van der Waals surface area contributed by atoms with Crippen LogP contribution >= 0.6 is 0 Å². The van der Waals surface area contributed by atoms with Gasteiger partial charge in [-0.3, -0.25) is 4.99 Å². The molecule has 0 aromatic heterocycles. The Morgan fingerprint density at radius 2 is 1.55 bits per heavy atom. The molecule has 0 atom stereocenters. The van der Waals surface area contributed by atoms with Gasteiger partial charge in [0, 0.05) is 25.2 Å². The molecular formula is C24H25N3O2. The maximum absolute atomic E-state index is 11.2. The minimum Gasteiger partial charge on any atom is -0.478 e. The van der Waals surface area contributed by atoms with Gasteiger partial charge < -0.3 is 15.7 Å². The van der Waals surface area contributed by atoms with Crippen molar-refractivity contribution < 1.29 is 9.90 Å². The third kappa shape index (κ3) is 5.69. The third-order valence-corrected chi connectivity index (χ3v) is 4.73. The highest BCUT2D eigenvalue weighted by atomic mass is 16.4. The van der Waals surface area contributed by atoms with Crippen molar-refractivity contribution in [2.24, 2.45) is 4.99 Å². The number of hydrogen-bond donors (Lipinski definition) is 3. The normalized spacial score (nSPS) is 11.3. The fourth-order valence-corrected chi connectivity index (χ4v) is 3.28. The molecule has 3 N–H and O–H groups in total. The van der Waals surface area contributed by atoms with E-state index in [1.165, 1.54) is 11.1 Å². The van der Waals surface area contributed by atoms with Crippen molar-refractivity contribution >= 4 is 17.6 Å². The molecule has 5 heteroatoms. The van der Waals surface area contributed by atoms with Crippen LogP contribution in [0.25, 0.3) is 0 Å². The maximum Gasteiger partial charge on any atom is 0.335 e. The standard InChI is InChI=1S/C24H25N3O2/c1-25-24(27-21-14-8-13-20(17-21)23(28)29)26-16-15-22(18-9-4-2-5-10-18)19-11-6-3-7-12-19/h2-14,17,22H,15-16H2,1H3,(H,28,29)(H2,25,26,27). The summed E-state index contributed by atoms with van der Waals surface area (Å²) >= 11 is 0. The van der Waals surface area contributed by atoms with Gasteiger partial charge in [0.05, 0.1) is 5.56 Å². The Kier molecular flexibility index (Phi) is 7.00. The van der Waals surface area contributed by atoms with Crippen LogP contribution in [0.2, 0.25) is 0 Å². The Morgan fingerprint density at radius 1 is 0.931 bits per heavy atom. The average Bonchev–Trinajstić information content (AvgIpc) is 2.77. The van der Waals surface area contributed by atoms with Crippen LogP contribution in [0, 0.1) is 0 Å². The highest BCUT2D eigenvalue weighted by Gasteiger charge is 2.14. The molecule has 0 fully saturated rings. The molecule has 0 aliphatic rings. The van der Waals surface area contributed by atoms with E-state index in [9.17, 15) is 4.79 Å². The largest absolute Gasteiger partial charge is 0.478 e. The number of guanidine groups is 1. The van der Waals surface area contributed by atoms with Crippen molar-refractivity contribution in [2.45, 2.75) is 12.3 Å². The highest BCUT2D eigenvalue weighted by molar-refractivity contribution is 5.95. The molecule has 0 amide bonds. The van der Waals surface area contributed by atoms with E-state index in [4.69, 9.17) is 5.11 Å².